The molecule has 2 rings (SSSR count). The largest absolute Gasteiger partial charge is 0.489 e. The van der Waals surface area contributed by atoms with Gasteiger partial charge in [-0.05, 0) is 37.3 Å². The number of hydrogen-bond acceptors (Lipinski definition) is 4. The van der Waals surface area contributed by atoms with Crippen molar-refractivity contribution in [3.05, 3.63) is 52.9 Å². The molecule has 3 N–H and O–H groups in total. The van der Waals surface area contributed by atoms with Crippen LogP contribution in [0.15, 0.2) is 41.0 Å². The summed E-state index contributed by atoms with van der Waals surface area (Å²) in [5.41, 5.74) is 5.88. The number of amides is 1. The second-order valence-electron chi connectivity index (χ2n) is 4.60. The van der Waals surface area contributed by atoms with E-state index in [9.17, 15) is 4.79 Å². The van der Waals surface area contributed by atoms with Gasteiger partial charge in [-0.2, -0.15) is 0 Å². The topological polar surface area (TPSA) is 77.5 Å². The van der Waals surface area contributed by atoms with Crippen molar-refractivity contribution < 1.29 is 13.9 Å². The van der Waals surface area contributed by atoms with Crippen LogP contribution in [-0.4, -0.2) is 18.6 Å². The second-order valence-corrected chi connectivity index (χ2v) is 5.03. The van der Waals surface area contributed by atoms with Crippen molar-refractivity contribution in [2.45, 2.75) is 19.6 Å². The zero-order valence-electron chi connectivity index (χ0n) is 12.0. The summed E-state index contributed by atoms with van der Waals surface area (Å²) in [6.45, 7) is 2.52. The Morgan fingerprint density at radius 2 is 2.09 bits per heavy atom. The maximum atomic E-state index is 11.9. The summed E-state index contributed by atoms with van der Waals surface area (Å²) < 4.78 is 10.8. The lowest BCUT2D eigenvalue weighted by Gasteiger charge is -2.15. The van der Waals surface area contributed by atoms with Crippen LogP contribution >= 0.6 is 24.0 Å². The fraction of sp³-hybridized carbons (Fsp3) is 0.267. The predicted molar refractivity (Wildman–Crippen MR) is 87.7 cm³/mol. The molecule has 1 aromatic carbocycles. The van der Waals surface area contributed by atoms with E-state index in [1.54, 1.807) is 30.3 Å². The third-order valence-corrected chi connectivity index (χ3v) is 3.07. The molecule has 0 spiro atoms. The molecule has 0 radical (unpaired) electrons. The first-order chi connectivity index (χ1) is 10.1. The van der Waals surface area contributed by atoms with Gasteiger partial charge in [-0.3, -0.25) is 4.79 Å². The van der Waals surface area contributed by atoms with E-state index in [2.05, 4.69) is 5.32 Å². The molecule has 1 atom stereocenters. The SMILES string of the molecule is CC(CNC(=O)c1coc(CN)c1)Oc1ccc(Cl)cc1.Cl. The number of hydrogen-bond donors (Lipinski definition) is 2. The highest BCUT2D eigenvalue weighted by Gasteiger charge is 2.11. The molecular weight excluding hydrogens is 327 g/mol. The summed E-state index contributed by atoms with van der Waals surface area (Å²) in [7, 11) is 0. The fourth-order valence-electron chi connectivity index (χ4n) is 1.73. The lowest BCUT2D eigenvalue weighted by molar-refractivity contribution is 0.0931. The normalized spacial score (nSPS) is 11.4. The highest BCUT2D eigenvalue weighted by molar-refractivity contribution is 6.30. The molecule has 0 aliphatic carbocycles. The minimum Gasteiger partial charge on any atom is -0.489 e. The van der Waals surface area contributed by atoms with E-state index < -0.39 is 0 Å². The van der Waals surface area contributed by atoms with Crippen molar-refractivity contribution in [2.75, 3.05) is 6.54 Å². The van der Waals surface area contributed by atoms with Crippen LogP contribution in [0.5, 0.6) is 5.75 Å². The first kappa shape index (κ1) is 18.4. The van der Waals surface area contributed by atoms with Crippen molar-refractivity contribution in [3.8, 4) is 5.75 Å². The number of nitrogens with one attached hydrogen (secondary N) is 1. The van der Waals surface area contributed by atoms with Gasteiger partial charge in [-0.25, -0.2) is 0 Å². The first-order valence-electron chi connectivity index (χ1n) is 6.56. The summed E-state index contributed by atoms with van der Waals surface area (Å²) in [5, 5.41) is 3.43. The number of rotatable bonds is 6. The first-order valence-corrected chi connectivity index (χ1v) is 6.94. The van der Waals surface area contributed by atoms with Crippen LogP contribution in [0.4, 0.5) is 0 Å². The molecule has 0 bridgehead atoms. The zero-order valence-corrected chi connectivity index (χ0v) is 13.6. The van der Waals surface area contributed by atoms with Crippen LogP contribution in [-0.2, 0) is 6.54 Å². The third-order valence-electron chi connectivity index (χ3n) is 2.82. The molecule has 0 fully saturated rings. The molecule has 22 heavy (non-hydrogen) atoms. The van der Waals surface area contributed by atoms with Gasteiger partial charge in [0.05, 0.1) is 18.7 Å². The van der Waals surface area contributed by atoms with Gasteiger partial charge in [-0.1, -0.05) is 11.6 Å². The number of nitrogens with two attached hydrogens (primary N) is 1. The predicted octanol–water partition coefficient (Wildman–Crippen LogP) is 3.01. The summed E-state index contributed by atoms with van der Waals surface area (Å²) in [6, 6.07) is 8.69. The summed E-state index contributed by atoms with van der Waals surface area (Å²) in [5.74, 6) is 1.06. The van der Waals surface area contributed by atoms with E-state index >= 15 is 0 Å². The Labute approximate surface area is 140 Å². The Morgan fingerprint density at radius 3 is 2.68 bits per heavy atom. The maximum absolute atomic E-state index is 11.9. The molecule has 7 heteroatoms. The van der Waals surface area contributed by atoms with Crippen molar-refractivity contribution in [1.29, 1.82) is 0 Å². The zero-order chi connectivity index (χ0) is 15.2. The van der Waals surface area contributed by atoms with E-state index in [4.69, 9.17) is 26.5 Å². The molecule has 120 valence electrons. The van der Waals surface area contributed by atoms with Gasteiger partial charge < -0.3 is 20.2 Å². The average molecular weight is 345 g/mol. The number of carbonyl (C=O) groups excluding carboxylic acids is 1. The Kier molecular flexibility index (Phi) is 7.24. The average Bonchev–Trinajstić information content (AvgIpc) is 2.96. The Hall–Kier alpha value is -1.69. The maximum Gasteiger partial charge on any atom is 0.254 e. The van der Waals surface area contributed by atoms with Gasteiger partial charge in [0.1, 0.15) is 23.9 Å². The molecule has 0 saturated heterocycles. The van der Waals surface area contributed by atoms with Crippen LogP contribution in [0, 0.1) is 0 Å². The van der Waals surface area contributed by atoms with Gasteiger partial charge >= 0.3 is 0 Å². The van der Waals surface area contributed by atoms with E-state index in [1.165, 1.54) is 6.26 Å². The summed E-state index contributed by atoms with van der Waals surface area (Å²) in [4.78, 5) is 11.9. The van der Waals surface area contributed by atoms with E-state index in [0.29, 0.717) is 28.6 Å². The quantitative estimate of drug-likeness (QED) is 0.844. The van der Waals surface area contributed by atoms with E-state index in [0.717, 1.165) is 0 Å². The highest BCUT2D eigenvalue weighted by atomic mass is 35.5. The van der Waals surface area contributed by atoms with Crippen molar-refractivity contribution >= 4 is 29.9 Å². The van der Waals surface area contributed by atoms with Gasteiger partial charge in [0.15, 0.2) is 0 Å². The molecule has 0 aliphatic heterocycles. The fourth-order valence-corrected chi connectivity index (χ4v) is 1.86. The standard InChI is InChI=1S/C15H17ClN2O3.ClH/c1-10(21-13-4-2-12(16)3-5-13)8-18-15(19)11-6-14(7-17)20-9-11;/h2-6,9-10H,7-8,17H2,1H3,(H,18,19);1H. The van der Waals surface area contributed by atoms with Gasteiger partial charge in [-0.15, -0.1) is 12.4 Å². The molecule has 5 nitrogen and oxygen atoms in total. The molecule has 1 unspecified atom stereocenters. The Balaban J connectivity index is 0.00000242. The van der Waals surface area contributed by atoms with Crippen LogP contribution in [0.3, 0.4) is 0 Å². The molecule has 0 aliphatic rings. The number of benzene rings is 1. The van der Waals surface area contributed by atoms with Crippen LogP contribution in [0.25, 0.3) is 0 Å². The molecule has 1 amide bonds. The van der Waals surface area contributed by atoms with Gasteiger partial charge in [0.25, 0.3) is 5.91 Å². The van der Waals surface area contributed by atoms with Crippen molar-refractivity contribution in [2.24, 2.45) is 5.73 Å². The minimum atomic E-state index is -0.218. The summed E-state index contributed by atoms with van der Waals surface area (Å²) in [6.07, 6.45) is 1.22. The Morgan fingerprint density at radius 1 is 1.41 bits per heavy atom. The molecule has 2 aromatic rings. The Bertz CT molecular complexity index is 599. The van der Waals surface area contributed by atoms with Gasteiger partial charge in [0, 0.05) is 5.02 Å². The highest BCUT2D eigenvalue weighted by Crippen LogP contribution is 2.16. The molecule has 1 aromatic heterocycles. The smallest absolute Gasteiger partial charge is 0.254 e. The molecular formula is C15H18Cl2N2O3. The van der Waals surface area contributed by atoms with Crippen LogP contribution in [0.1, 0.15) is 23.0 Å². The number of carbonyl (C=O) groups is 1. The van der Waals surface area contributed by atoms with Crippen molar-refractivity contribution in [1.82, 2.24) is 5.32 Å². The van der Waals surface area contributed by atoms with E-state index in [1.807, 2.05) is 6.92 Å². The number of halogens is 2. The van der Waals surface area contributed by atoms with Crippen LogP contribution < -0.4 is 15.8 Å². The van der Waals surface area contributed by atoms with Crippen LogP contribution in [0.2, 0.25) is 5.02 Å². The molecule has 1 heterocycles. The minimum absolute atomic E-state index is 0. The second kappa shape index (κ2) is 8.68. The third kappa shape index (κ3) is 5.26. The monoisotopic (exact) mass is 344 g/mol. The lowest BCUT2D eigenvalue weighted by Crippen LogP contribution is -2.33. The summed E-state index contributed by atoms with van der Waals surface area (Å²) >= 11 is 5.80. The molecule has 0 saturated carbocycles. The lowest BCUT2D eigenvalue weighted by atomic mass is 10.3. The van der Waals surface area contributed by atoms with Gasteiger partial charge in [0.2, 0.25) is 0 Å². The van der Waals surface area contributed by atoms with E-state index in [-0.39, 0.29) is 31.0 Å². The number of ether oxygens (including phenoxy) is 1. The van der Waals surface area contributed by atoms with Crippen molar-refractivity contribution in [3.63, 3.8) is 0 Å². The number of furan rings is 1.